The van der Waals surface area contributed by atoms with Crippen molar-refractivity contribution in [3.8, 4) is 0 Å². The summed E-state index contributed by atoms with van der Waals surface area (Å²) in [4.78, 5) is 38.1. The van der Waals surface area contributed by atoms with Crippen molar-refractivity contribution in [3.63, 3.8) is 0 Å². The van der Waals surface area contributed by atoms with Gasteiger partial charge in [-0.05, 0) is 48.6 Å². The Hall–Kier alpha value is -2.95. The van der Waals surface area contributed by atoms with Crippen molar-refractivity contribution in [2.45, 2.75) is 38.5 Å². The number of nitrogens with one attached hydrogen (secondary N) is 1. The zero-order valence-corrected chi connectivity index (χ0v) is 14.6. The van der Waals surface area contributed by atoms with Crippen LogP contribution < -0.4 is 10.2 Å². The van der Waals surface area contributed by atoms with E-state index in [4.69, 9.17) is 0 Å². The maximum absolute atomic E-state index is 12.8. The number of benzene rings is 2. The molecule has 1 N–H and O–H groups in total. The van der Waals surface area contributed by atoms with Gasteiger partial charge in [0.1, 0.15) is 0 Å². The fourth-order valence-electron chi connectivity index (χ4n) is 3.90. The Kier molecular flexibility index (Phi) is 4.07. The summed E-state index contributed by atoms with van der Waals surface area (Å²) < 4.78 is 0. The smallest absolute Gasteiger partial charge is 0.234 e. The van der Waals surface area contributed by atoms with E-state index < -0.39 is 0 Å². The van der Waals surface area contributed by atoms with Gasteiger partial charge in [0.2, 0.25) is 17.7 Å². The van der Waals surface area contributed by atoms with Crippen molar-refractivity contribution in [2.75, 3.05) is 10.2 Å². The van der Waals surface area contributed by atoms with Crippen molar-refractivity contribution in [3.05, 3.63) is 59.2 Å². The molecule has 1 saturated heterocycles. The third kappa shape index (κ3) is 2.69. The van der Waals surface area contributed by atoms with Crippen molar-refractivity contribution < 1.29 is 14.4 Å². The van der Waals surface area contributed by atoms with Gasteiger partial charge in [0, 0.05) is 18.5 Å². The molecule has 1 atom stereocenters. The van der Waals surface area contributed by atoms with E-state index in [1.165, 1.54) is 10.5 Å². The molecule has 1 aliphatic heterocycles. The molecule has 2 aromatic rings. The Morgan fingerprint density at radius 1 is 1.00 bits per heavy atom. The van der Waals surface area contributed by atoms with E-state index in [9.17, 15) is 14.4 Å². The summed E-state index contributed by atoms with van der Waals surface area (Å²) in [7, 11) is 0. The number of carbonyl (C=O) groups is 3. The Labute approximate surface area is 152 Å². The summed E-state index contributed by atoms with van der Waals surface area (Å²) in [6.07, 6.45) is 2.19. The SMILES string of the molecule is Cc1c(NC(=O)C2CCc3ccccc32)cccc1N1C(=O)CCC1=O. The molecule has 3 amide bonds. The third-order valence-electron chi connectivity index (χ3n) is 5.30. The van der Waals surface area contributed by atoms with Crippen molar-refractivity contribution >= 4 is 29.1 Å². The van der Waals surface area contributed by atoms with E-state index in [1.807, 2.05) is 31.2 Å². The van der Waals surface area contributed by atoms with Gasteiger partial charge in [-0.2, -0.15) is 0 Å². The van der Waals surface area contributed by atoms with Crippen LogP contribution in [0.5, 0.6) is 0 Å². The zero-order valence-electron chi connectivity index (χ0n) is 14.6. The Bertz CT molecular complexity index is 903. The lowest BCUT2D eigenvalue weighted by Gasteiger charge is -2.20. The molecule has 5 heteroatoms. The maximum Gasteiger partial charge on any atom is 0.234 e. The highest BCUT2D eigenvalue weighted by atomic mass is 16.2. The van der Waals surface area contributed by atoms with Gasteiger partial charge in [-0.25, -0.2) is 0 Å². The molecule has 5 nitrogen and oxygen atoms in total. The van der Waals surface area contributed by atoms with Crippen LogP contribution in [0.3, 0.4) is 0 Å². The first-order chi connectivity index (χ1) is 12.6. The molecule has 0 aromatic heterocycles. The molecule has 132 valence electrons. The predicted molar refractivity (Wildman–Crippen MR) is 99.0 cm³/mol. The molecular formula is C21H20N2O3. The Morgan fingerprint density at radius 2 is 1.73 bits per heavy atom. The number of imide groups is 1. The standard InChI is InChI=1S/C21H20N2O3/c1-13-17(7-4-8-18(13)23-19(24)11-12-20(23)25)22-21(26)16-10-9-14-5-2-3-6-15(14)16/h2-8,16H,9-12H2,1H3,(H,22,26). The molecule has 0 spiro atoms. The molecule has 1 heterocycles. The largest absolute Gasteiger partial charge is 0.325 e. The van der Waals surface area contributed by atoms with Gasteiger partial charge in [-0.3, -0.25) is 19.3 Å². The van der Waals surface area contributed by atoms with E-state index in [1.54, 1.807) is 12.1 Å². The summed E-state index contributed by atoms with van der Waals surface area (Å²) >= 11 is 0. The van der Waals surface area contributed by atoms with Gasteiger partial charge >= 0.3 is 0 Å². The van der Waals surface area contributed by atoms with Crippen molar-refractivity contribution in [1.29, 1.82) is 0 Å². The highest BCUT2D eigenvalue weighted by Gasteiger charge is 2.32. The second kappa shape index (κ2) is 6.41. The number of anilines is 2. The van der Waals surface area contributed by atoms with E-state index in [-0.39, 0.29) is 36.5 Å². The minimum absolute atomic E-state index is 0.0470. The molecule has 2 aromatic carbocycles. The van der Waals surface area contributed by atoms with E-state index >= 15 is 0 Å². The van der Waals surface area contributed by atoms with Gasteiger partial charge in [0.15, 0.2) is 0 Å². The van der Waals surface area contributed by atoms with Crippen LogP contribution in [0.25, 0.3) is 0 Å². The molecule has 0 saturated carbocycles. The molecule has 4 rings (SSSR count). The molecular weight excluding hydrogens is 328 g/mol. The fourth-order valence-corrected chi connectivity index (χ4v) is 3.90. The fraction of sp³-hybridized carbons (Fsp3) is 0.286. The Morgan fingerprint density at radius 3 is 2.50 bits per heavy atom. The lowest BCUT2D eigenvalue weighted by atomic mass is 10.00. The van der Waals surface area contributed by atoms with Crippen LogP contribution in [0, 0.1) is 6.92 Å². The molecule has 0 radical (unpaired) electrons. The minimum atomic E-state index is -0.189. The molecule has 2 aliphatic rings. The monoisotopic (exact) mass is 348 g/mol. The van der Waals surface area contributed by atoms with Crippen LogP contribution in [0.4, 0.5) is 11.4 Å². The number of fused-ring (bicyclic) bond motifs is 1. The zero-order chi connectivity index (χ0) is 18.3. The number of carbonyl (C=O) groups excluding carboxylic acids is 3. The number of hydrogen-bond donors (Lipinski definition) is 1. The lowest BCUT2D eigenvalue weighted by molar-refractivity contribution is -0.121. The predicted octanol–water partition coefficient (Wildman–Crippen LogP) is 3.32. The average molecular weight is 348 g/mol. The van der Waals surface area contributed by atoms with Gasteiger partial charge in [0.05, 0.1) is 11.6 Å². The first kappa shape index (κ1) is 16.5. The van der Waals surface area contributed by atoms with Gasteiger partial charge in [0.25, 0.3) is 0 Å². The van der Waals surface area contributed by atoms with Crippen LogP contribution in [0.1, 0.15) is 41.9 Å². The summed E-state index contributed by atoms with van der Waals surface area (Å²) in [5.74, 6) is -0.587. The number of amides is 3. The van der Waals surface area contributed by atoms with Crippen molar-refractivity contribution in [1.82, 2.24) is 0 Å². The van der Waals surface area contributed by atoms with Gasteiger partial charge in [-0.15, -0.1) is 0 Å². The summed E-state index contributed by atoms with van der Waals surface area (Å²) in [6.45, 7) is 1.83. The second-order valence-corrected chi connectivity index (χ2v) is 6.85. The van der Waals surface area contributed by atoms with Crippen LogP contribution in [0.2, 0.25) is 0 Å². The number of hydrogen-bond acceptors (Lipinski definition) is 3. The van der Waals surface area contributed by atoms with Gasteiger partial charge < -0.3 is 5.32 Å². The van der Waals surface area contributed by atoms with Crippen LogP contribution in [-0.2, 0) is 20.8 Å². The van der Waals surface area contributed by atoms with Crippen LogP contribution in [-0.4, -0.2) is 17.7 Å². The molecule has 1 unspecified atom stereocenters. The third-order valence-corrected chi connectivity index (χ3v) is 5.30. The van der Waals surface area contributed by atoms with E-state index in [2.05, 4.69) is 11.4 Å². The van der Waals surface area contributed by atoms with Gasteiger partial charge in [-0.1, -0.05) is 30.3 Å². The first-order valence-corrected chi connectivity index (χ1v) is 8.90. The minimum Gasteiger partial charge on any atom is -0.325 e. The van der Waals surface area contributed by atoms with Crippen LogP contribution >= 0.6 is 0 Å². The molecule has 0 bridgehead atoms. The summed E-state index contributed by atoms with van der Waals surface area (Å²) in [6, 6.07) is 13.4. The molecule has 1 fully saturated rings. The van der Waals surface area contributed by atoms with E-state index in [0.29, 0.717) is 11.4 Å². The average Bonchev–Trinajstić information content (AvgIpc) is 3.21. The Balaban J connectivity index is 1.60. The maximum atomic E-state index is 12.8. The molecule has 1 aliphatic carbocycles. The lowest BCUT2D eigenvalue weighted by Crippen LogP contribution is -2.29. The number of aryl methyl sites for hydroxylation is 1. The van der Waals surface area contributed by atoms with E-state index in [0.717, 1.165) is 24.0 Å². The normalized spacial score (nSPS) is 19.0. The topological polar surface area (TPSA) is 66.5 Å². The first-order valence-electron chi connectivity index (χ1n) is 8.90. The number of rotatable bonds is 3. The second-order valence-electron chi connectivity index (χ2n) is 6.85. The van der Waals surface area contributed by atoms with Crippen LogP contribution in [0.15, 0.2) is 42.5 Å². The highest BCUT2D eigenvalue weighted by Crippen LogP contribution is 2.35. The quantitative estimate of drug-likeness (QED) is 0.866. The summed E-state index contributed by atoms with van der Waals surface area (Å²) in [5.41, 5.74) is 4.25. The molecule has 26 heavy (non-hydrogen) atoms. The van der Waals surface area contributed by atoms with Crippen molar-refractivity contribution in [2.24, 2.45) is 0 Å². The number of nitrogens with zero attached hydrogens (tertiary/aromatic N) is 1. The highest BCUT2D eigenvalue weighted by molar-refractivity contribution is 6.20. The summed E-state index contributed by atoms with van der Waals surface area (Å²) in [5, 5.41) is 3.00.